The van der Waals surface area contributed by atoms with Crippen LogP contribution in [0.4, 0.5) is 29.3 Å². The number of pyridine rings is 1. The van der Waals surface area contributed by atoms with E-state index in [2.05, 4.69) is 15.1 Å². The zero-order chi connectivity index (χ0) is 24.7. The molecule has 1 aliphatic rings. The second-order valence-electron chi connectivity index (χ2n) is 7.66. The smallest absolute Gasteiger partial charge is 0.417 e. The molecule has 0 saturated carbocycles. The zero-order valence-corrected chi connectivity index (χ0v) is 18.2. The van der Waals surface area contributed by atoms with Gasteiger partial charge in [0.05, 0.1) is 29.3 Å². The lowest BCUT2D eigenvalue weighted by Gasteiger charge is -2.20. The lowest BCUT2D eigenvalue weighted by molar-refractivity contribution is -0.137. The van der Waals surface area contributed by atoms with E-state index in [4.69, 9.17) is 4.74 Å². The number of halogens is 3. The predicted molar refractivity (Wildman–Crippen MR) is 118 cm³/mol. The Labute approximate surface area is 196 Å². The number of rotatable bonds is 5. The Morgan fingerprint density at radius 2 is 1.89 bits per heavy atom. The average molecular weight is 482 g/mol. The lowest BCUT2D eigenvalue weighted by Crippen LogP contribution is -2.33. The maximum absolute atomic E-state index is 13.1. The third-order valence-corrected chi connectivity index (χ3v) is 5.48. The highest BCUT2D eigenvalue weighted by atomic mass is 19.4. The summed E-state index contributed by atoms with van der Waals surface area (Å²) in [5.41, 5.74) is 0.453. The lowest BCUT2D eigenvalue weighted by atomic mass is 10.1. The van der Waals surface area contributed by atoms with Crippen molar-refractivity contribution in [3.05, 3.63) is 72.3 Å². The molecule has 4 aromatic rings. The summed E-state index contributed by atoms with van der Waals surface area (Å²) < 4.78 is 46.7. The van der Waals surface area contributed by atoms with Crippen LogP contribution in [0, 0.1) is 0 Å². The fourth-order valence-corrected chi connectivity index (χ4v) is 3.81. The van der Waals surface area contributed by atoms with Crippen molar-refractivity contribution in [2.75, 3.05) is 16.3 Å². The summed E-state index contributed by atoms with van der Waals surface area (Å²) in [5.74, 6) is 0.307. The highest BCUT2D eigenvalue weighted by Gasteiger charge is 2.40. The van der Waals surface area contributed by atoms with E-state index in [1.807, 2.05) is 6.92 Å². The zero-order valence-electron chi connectivity index (χ0n) is 18.2. The number of hydrogen-bond donors (Lipinski definition) is 0. The number of anilines is 2. The molecule has 3 amide bonds. The van der Waals surface area contributed by atoms with E-state index in [1.54, 1.807) is 42.7 Å². The Balaban J connectivity index is 1.44. The first kappa shape index (κ1) is 22.3. The minimum atomic E-state index is -4.63. The molecule has 1 aliphatic heterocycles. The molecule has 0 atom stereocenters. The van der Waals surface area contributed by atoms with E-state index in [1.165, 1.54) is 4.52 Å². The normalized spacial score (nSPS) is 14.3. The molecule has 0 unspecified atom stereocenters. The van der Waals surface area contributed by atoms with E-state index >= 15 is 0 Å². The molecule has 12 heteroatoms. The Morgan fingerprint density at radius 1 is 1.06 bits per heavy atom. The summed E-state index contributed by atoms with van der Waals surface area (Å²) in [6.45, 7) is 1.44. The molecule has 3 aromatic heterocycles. The van der Waals surface area contributed by atoms with Crippen LogP contribution in [0.2, 0.25) is 0 Å². The Bertz CT molecular complexity index is 1450. The quantitative estimate of drug-likeness (QED) is 0.390. The number of aryl methyl sites for hydroxylation is 1. The number of aromatic nitrogens is 4. The van der Waals surface area contributed by atoms with Crippen LogP contribution in [-0.4, -0.2) is 38.1 Å². The van der Waals surface area contributed by atoms with Crippen LogP contribution >= 0.6 is 0 Å². The number of amides is 3. The highest BCUT2D eigenvalue weighted by molar-refractivity contribution is 6.27. The second kappa shape index (κ2) is 8.38. The molecule has 0 spiro atoms. The van der Waals surface area contributed by atoms with E-state index in [-0.39, 0.29) is 5.69 Å². The standard InChI is InChI=1S/C23H17F3N6O3/c1-2-14-9-17(35-21-6-7-28-19-5-8-29-32(19)21)3-4-18(14)31-20(33)13-30(22(31)34)16-10-15(11-27-12-16)23(24,25)26/h3-12H,2,13H2,1H3. The fraction of sp³-hybridized carbons (Fsp3) is 0.174. The molecule has 5 rings (SSSR count). The van der Waals surface area contributed by atoms with Gasteiger partial charge in [0.2, 0.25) is 5.88 Å². The van der Waals surface area contributed by atoms with Gasteiger partial charge in [-0.1, -0.05) is 6.92 Å². The number of ether oxygens (including phenoxy) is 1. The summed E-state index contributed by atoms with van der Waals surface area (Å²) in [5, 5.41) is 4.17. The number of benzene rings is 1. The fourth-order valence-electron chi connectivity index (χ4n) is 3.81. The maximum Gasteiger partial charge on any atom is 0.417 e. The van der Waals surface area contributed by atoms with Gasteiger partial charge in [-0.05, 0) is 36.2 Å². The SMILES string of the molecule is CCc1cc(Oc2ccnc3ccnn23)ccc1N1C(=O)CN(c2cncc(C(F)(F)F)c2)C1=O. The predicted octanol–water partition coefficient (Wildman–Crippen LogP) is 4.47. The first-order valence-corrected chi connectivity index (χ1v) is 10.5. The number of urea groups is 1. The summed E-state index contributed by atoms with van der Waals surface area (Å²) in [6, 6.07) is 8.27. The van der Waals surface area contributed by atoms with Gasteiger partial charge in [0.25, 0.3) is 5.91 Å². The van der Waals surface area contributed by atoms with Gasteiger partial charge >= 0.3 is 12.2 Å². The van der Waals surface area contributed by atoms with Crippen LogP contribution in [0.3, 0.4) is 0 Å². The first-order chi connectivity index (χ1) is 16.8. The van der Waals surface area contributed by atoms with Crippen LogP contribution in [0.25, 0.3) is 5.65 Å². The van der Waals surface area contributed by atoms with Crippen LogP contribution in [-0.2, 0) is 17.4 Å². The van der Waals surface area contributed by atoms with E-state index in [0.717, 1.165) is 22.1 Å². The second-order valence-corrected chi connectivity index (χ2v) is 7.66. The minimum Gasteiger partial charge on any atom is -0.439 e. The average Bonchev–Trinajstić information content (AvgIpc) is 3.43. The largest absolute Gasteiger partial charge is 0.439 e. The van der Waals surface area contributed by atoms with E-state index in [0.29, 0.717) is 41.1 Å². The van der Waals surface area contributed by atoms with E-state index in [9.17, 15) is 22.8 Å². The van der Waals surface area contributed by atoms with Crippen LogP contribution < -0.4 is 14.5 Å². The Morgan fingerprint density at radius 3 is 2.66 bits per heavy atom. The third kappa shape index (κ3) is 4.03. The number of imide groups is 1. The number of fused-ring (bicyclic) bond motifs is 1. The monoisotopic (exact) mass is 482 g/mol. The van der Waals surface area contributed by atoms with Crippen molar-refractivity contribution >= 4 is 29.0 Å². The van der Waals surface area contributed by atoms with Gasteiger partial charge in [-0.3, -0.25) is 14.7 Å². The van der Waals surface area contributed by atoms with Crippen LogP contribution in [0.15, 0.2) is 61.2 Å². The molecule has 0 radical (unpaired) electrons. The molecule has 4 heterocycles. The van der Waals surface area contributed by atoms with Gasteiger partial charge in [-0.15, -0.1) is 0 Å². The van der Waals surface area contributed by atoms with Crippen molar-refractivity contribution < 1.29 is 27.5 Å². The van der Waals surface area contributed by atoms with Gasteiger partial charge in [-0.2, -0.15) is 22.8 Å². The molecule has 1 fully saturated rings. The third-order valence-electron chi connectivity index (χ3n) is 5.48. The topological polar surface area (TPSA) is 92.9 Å². The van der Waals surface area contributed by atoms with Crippen molar-refractivity contribution in [2.45, 2.75) is 19.5 Å². The number of nitrogens with zero attached hydrogens (tertiary/aromatic N) is 6. The first-order valence-electron chi connectivity index (χ1n) is 10.5. The van der Waals surface area contributed by atoms with Gasteiger partial charge in [0.1, 0.15) is 12.3 Å². The molecular formula is C23H17F3N6O3. The molecule has 1 aromatic carbocycles. The molecule has 0 N–H and O–H groups in total. The van der Waals surface area contributed by atoms with Crippen LogP contribution in [0.1, 0.15) is 18.1 Å². The summed E-state index contributed by atoms with van der Waals surface area (Å²) >= 11 is 0. The summed E-state index contributed by atoms with van der Waals surface area (Å²) in [4.78, 5) is 35.6. The molecular weight excluding hydrogens is 465 g/mol. The molecule has 9 nitrogen and oxygen atoms in total. The maximum atomic E-state index is 13.1. The number of carbonyl (C=O) groups is 2. The minimum absolute atomic E-state index is 0.111. The van der Waals surface area contributed by atoms with Crippen molar-refractivity contribution in [2.24, 2.45) is 0 Å². The van der Waals surface area contributed by atoms with Gasteiger partial charge < -0.3 is 4.74 Å². The molecule has 0 bridgehead atoms. The Kier molecular flexibility index (Phi) is 5.35. The van der Waals surface area contributed by atoms with Crippen LogP contribution in [0.5, 0.6) is 11.6 Å². The van der Waals surface area contributed by atoms with Gasteiger partial charge in [0, 0.05) is 24.5 Å². The Hall–Kier alpha value is -4.48. The molecule has 1 saturated heterocycles. The van der Waals surface area contributed by atoms with Crippen molar-refractivity contribution in [3.63, 3.8) is 0 Å². The van der Waals surface area contributed by atoms with Crippen molar-refractivity contribution in [1.82, 2.24) is 19.6 Å². The number of hydrogen-bond acceptors (Lipinski definition) is 6. The van der Waals surface area contributed by atoms with Crippen molar-refractivity contribution in [3.8, 4) is 11.6 Å². The summed E-state index contributed by atoms with van der Waals surface area (Å²) in [7, 11) is 0. The molecule has 0 aliphatic carbocycles. The van der Waals surface area contributed by atoms with Gasteiger partial charge in [-0.25, -0.2) is 14.7 Å². The van der Waals surface area contributed by atoms with Crippen molar-refractivity contribution in [1.29, 1.82) is 0 Å². The molecule has 178 valence electrons. The van der Waals surface area contributed by atoms with Gasteiger partial charge in [0.15, 0.2) is 5.65 Å². The number of carbonyl (C=O) groups excluding carboxylic acids is 2. The highest BCUT2D eigenvalue weighted by Crippen LogP contribution is 2.35. The molecule has 35 heavy (non-hydrogen) atoms. The summed E-state index contributed by atoms with van der Waals surface area (Å²) in [6.07, 6.45) is 0.787. The van der Waals surface area contributed by atoms with E-state index < -0.39 is 30.2 Å². The number of alkyl halides is 3.